The number of nitrogens with one attached hydrogen (secondary N) is 2. The average Bonchev–Trinajstić information content (AvgIpc) is 3.50. The van der Waals surface area contributed by atoms with Crippen molar-refractivity contribution in [3.8, 4) is 0 Å². The monoisotopic (exact) mass is 398 g/mol. The van der Waals surface area contributed by atoms with Crippen LogP contribution < -0.4 is 10.6 Å². The highest BCUT2D eigenvalue weighted by atomic mass is 16.5. The summed E-state index contributed by atoms with van der Waals surface area (Å²) in [4.78, 5) is 7.68. The van der Waals surface area contributed by atoms with Crippen LogP contribution in [0.3, 0.4) is 0 Å². The van der Waals surface area contributed by atoms with Crippen molar-refractivity contribution in [3.05, 3.63) is 35.4 Å². The fourth-order valence-electron chi connectivity index (χ4n) is 4.95. The lowest BCUT2D eigenvalue weighted by atomic mass is 9.89. The van der Waals surface area contributed by atoms with Gasteiger partial charge in [-0.1, -0.05) is 29.8 Å². The molecule has 1 aliphatic carbocycles. The Bertz CT molecular complexity index is 685. The number of aryl methyl sites for hydroxylation is 1. The molecular formula is C24H38N4O. The quantitative estimate of drug-likeness (QED) is 0.567. The standard InChI is InChI=1S/C24H38N4O/c1-4-25-24(27-21-14-18(3)28(16-21)22-11-12-22)26-15-20-6-5-13-29-23(20)19-9-7-17(2)8-10-19/h7-10,18,20-23H,4-6,11-16H2,1-3H3,(H2,25,26,27). The van der Waals surface area contributed by atoms with Crippen LogP contribution in [0, 0.1) is 12.8 Å². The Hall–Kier alpha value is -1.59. The van der Waals surface area contributed by atoms with Crippen LogP contribution in [0.15, 0.2) is 29.3 Å². The van der Waals surface area contributed by atoms with Crippen LogP contribution in [0.4, 0.5) is 0 Å². The molecule has 4 atom stereocenters. The number of nitrogens with zero attached hydrogens (tertiary/aromatic N) is 2. The van der Waals surface area contributed by atoms with Gasteiger partial charge >= 0.3 is 0 Å². The SMILES string of the molecule is CCNC(=NCC1CCCOC1c1ccc(C)cc1)NC1CC(C)N(C2CC2)C1. The minimum atomic E-state index is 0.160. The van der Waals surface area contributed by atoms with Crippen molar-refractivity contribution in [3.63, 3.8) is 0 Å². The third kappa shape index (κ3) is 5.32. The van der Waals surface area contributed by atoms with Gasteiger partial charge in [-0.25, -0.2) is 0 Å². The zero-order chi connectivity index (χ0) is 20.2. The van der Waals surface area contributed by atoms with Crippen molar-refractivity contribution >= 4 is 5.96 Å². The molecule has 2 aliphatic heterocycles. The van der Waals surface area contributed by atoms with Gasteiger partial charge in [0, 0.05) is 50.3 Å². The molecular weight excluding hydrogens is 360 g/mol. The van der Waals surface area contributed by atoms with E-state index in [0.717, 1.165) is 44.7 Å². The summed E-state index contributed by atoms with van der Waals surface area (Å²) in [6.45, 7) is 10.4. The maximum Gasteiger partial charge on any atom is 0.191 e. The van der Waals surface area contributed by atoms with Crippen LogP contribution in [-0.2, 0) is 4.74 Å². The lowest BCUT2D eigenvalue weighted by molar-refractivity contribution is -0.0250. The molecule has 160 valence electrons. The fourth-order valence-corrected chi connectivity index (χ4v) is 4.95. The molecule has 2 N–H and O–H groups in total. The molecule has 4 rings (SSSR count). The van der Waals surface area contributed by atoms with Crippen LogP contribution in [0.2, 0.25) is 0 Å². The molecule has 5 nitrogen and oxygen atoms in total. The Morgan fingerprint density at radius 3 is 2.72 bits per heavy atom. The first-order chi connectivity index (χ1) is 14.1. The molecule has 2 saturated heterocycles. The van der Waals surface area contributed by atoms with Crippen molar-refractivity contribution in [2.24, 2.45) is 10.9 Å². The number of rotatable bonds is 6. The Kier molecular flexibility index (Phi) is 6.76. The summed E-state index contributed by atoms with van der Waals surface area (Å²) in [7, 11) is 0. The smallest absolute Gasteiger partial charge is 0.191 e. The molecule has 3 fully saturated rings. The molecule has 4 unspecified atom stereocenters. The van der Waals surface area contributed by atoms with Gasteiger partial charge < -0.3 is 15.4 Å². The maximum absolute atomic E-state index is 6.19. The van der Waals surface area contributed by atoms with Gasteiger partial charge in [-0.15, -0.1) is 0 Å². The molecule has 0 spiro atoms. The number of guanidine groups is 1. The predicted octanol–water partition coefficient (Wildman–Crippen LogP) is 3.64. The highest BCUT2D eigenvalue weighted by molar-refractivity contribution is 5.80. The first-order valence-corrected chi connectivity index (χ1v) is 11.6. The normalized spacial score (nSPS) is 31.1. The molecule has 1 aromatic carbocycles. The second-order valence-corrected chi connectivity index (χ2v) is 9.18. The van der Waals surface area contributed by atoms with Gasteiger partial charge in [0.2, 0.25) is 0 Å². The third-order valence-electron chi connectivity index (χ3n) is 6.66. The van der Waals surface area contributed by atoms with Gasteiger partial charge in [0.05, 0.1) is 6.10 Å². The third-order valence-corrected chi connectivity index (χ3v) is 6.66. The largest absolute Gasteiger partial charge is 0.373 e. The zero-order valence-electron chi connectivity index (χ0n) is 18.4. The summed E-state index contributed by atoms with van der Waals surface area (Å²) in [6, 6.07) is 10.8. The summed E-state index contributed by atoms with van der Waals surface area (Å²) >= 11 is 0. The Morgan fingerprint density at radius 2 is 2.00 bits per heavy atom. The lowest BCUT2D eigenvalue weighted by Gasteiger charge is -2.31. The highest BCUT2D eigenvalue weighted by Gasteiger charge is 2.39. The number of ether oxygens (including phenoxy) is 1. The van der Waals surface area contributed by atoms with Crippen molar-refractivity contribution in [2.45, 2.75) is 77.1 Å². The van der Waals surface area contributed by atoms with Crippen LogP contribution >= 0.6 is 0 Å². The molecule has 3 aliphatic rings. The Balaban J connectivity index is 1.38. The predicted molar refractivity (Wildman–Crippen MR) is 119 cm³/mol. The van der Waals surface area contributed by atoms with Gasteiger partial charge in [0.15, 0.2) is 5.96 Å². The summed E-state index contributed by atoms with van der Waals surface area (Å²) < 4.78 is 6.19. The number of hydrogen-bond donors (Lipinski definition) is 2. The van der Waals surface area contributed by atoms with E-state index in [-0.39, 0.29) is 6.10 Å². The van der Waals surface area contributed by atoms with Crippen molar-refractivity contribution < 1.29 is 4.74 Å². The average molecular weight is 399 g/mol. The van der Waals surface area contributed by atoms with Crippen LogP contribution in [0.1, 0.15) is 63.2 Å². The number of likely N-dealkylation sites (tertiary alicyclic amines) is 1. The van der Waals surface area contributed by atoms with E-state index in [9.17, 15) is 0 Å². The topological polar surface area (TPSA) is 48.9 Å². The summed E-state index contributed by atoms with van der Waals surface area (Å²) in [5.74, 6) is 1.41. The molecule has 0 bridgehead atoms. The van der Waals surface area contributed by atoms with Gasteiger partial charge in [0.1, 0.15) is 0 Å². The van der Waals surface area contributed by atoms with E-state index >= 15 is 0 Å². The van der Waals surface area contributed by atoms with Crippen molar-refractivity contribution in [2.75, 3.05) is 26.2 Å². The summed E-state index contributed by atoms with van der Waals surface area (Å²) in [5, 5.41) is 7.18. The molecule has 2 heterocycles. The van der Waals surface area contributed by atoms with E-state index in [1.54, 1.807) is 0 Å². The second kappa shape index (κ2) is 9.48. The van der Waals surface area contributed by atoms with E-state index in [1.165, 1.54) is 36.8 Å². The fraction of sp³-hybridized carbons (Fsp3) is 0.708. The van der Waals surface area contributed by atoms with E-state index in [0.29, 0.717) is 18.0 Å². The first-order valence-electron chi connectivity index (χ1n) is 11.6. The molecule has 0 aromatic heterocycles. The lowest BCUT2D eigenvalue weighted by Crippen LogP contribution is -2.45. The Morgan fingerprint density at radius 1 is 1.21 bits per heavy atom. The number of benzene rings is 1. The van der Waals surface area contributed by atoms with Gasteiger partial charge in [-0.3, -0.25) is 9.89 Å². The maximum atomic E-state index is 6.19. The second-order valence-electron chi connectivity index (χ2n) is 9.18. The van der Waals surface area contributed by atoms with E-state index in [4.69, 9.17) is 9.73 Å². The van der Waals surface area contributed by atoms with Crippen LogP contribution in [0.5, 0.6) is 0 Å². The van der Waals surface area contributed by atoms with Crippen molar-refractivity contribution in [1.29, 1.82) is 0 Å². The van der Waals surface area contributed by atoms with E-state index in [2.05, 4.69) is 60.6 Å². The van der Waals surface area contributed by atoms with E-state index < -0.39 is 0 Å². The molecule has 0 amide bonds. The molecule has 0 radical (unpaired) electrons. The zero-order valence-corrected chi connectivity index (χ0v) is 18.4. The van der Waals surface area contributed by atoms with Crippen LogP contribution in [-0.4, -0.2) is 55.2 Å². The highest BCUT2D eigenvalue weighted by Crippen LogP contribution is 2.34. The van der Waals surface area contributed by atoms with Gasteiger partial charge in [0.25, 0.3) is 0 Å². The summed E-state index contributed by atoms with van der Waals surface area (Å²) in [6.07, 6.45) is 6.44. The molecule has 1 aromatic rings. The van der Waals surface area contributed by atoms with Gasteiger partial charge in [-0.05, 0) is 58.4 Å². The molecule has 29 heavy (non-hydrogen) atoms. The summed E-state index contributed by atoms with van der Waals surface area (Å²) in [5.41, 5.74) is 2.59. The number of hydrogen-bond acceptors (Lipinski definition) is 3. The number of aliphatic imine (C=N–C) groups is 1. The molecule has 1 saturated carbocycles. The van der Waals surface area contributed by atoms with E-state index in [1.807, 2.05) is 0 Å². The molecule has 5 heteroatoms. The van der Waals surface area contributed by atoms with Crippen LogP contribution in [0.25, 0.3) is 0 Å². The van der Waals surface area contributed by atoms with Crippen molar-refractivity contribution in [1.82, 2.24) is 15.5 Å². The minimum Gasteiger partial charge on any atom is -0.373 e. The van der Waals surface area contributed by atoms with Gasteiger partial charge in [-0.2, -0.15) is 0 Å². The first kappa shape index (κ1) is 20.7. The Labute approximate surface area is 176 Å². The minimum absolute atomic E-state index is 0.160.